The zero-order valence-corrected chi connectivity index (χ0v) is 53.6. The number of anilines is 1. The largest absolute Gasteiger partial charge is 0.375 e. The van der Waals surface area contributed by atoms with Gasteiger partial charge in [0.2, 0.25) is 15.9 Å². The molecule has 10 aromatic rings. The van der Waals surface area contributed by atoms with Crippen LogP contribution in [-0.2, 0) is 62.1 Å². The molecule has 474 valence electrons. The number of aryl methyl sites for hydroxylation is 6. The monoisotopic (exact) mass is 1250 g/mol. The van der Waals surface area contributed by atoms with Gasteiger partial charge >= 0.3 is 0 Å². The Balaban J connectivity index is 0.000000216. The summed E-state index contributed by atoms with van der Waals surface area (Å²) in [4.78, 5) is 64.2. The lowest BCUT2D eigenvalue weighted by molar-refractivity contribution is -0.124. The summed E-state index contributed by atoms with van der Waals surface area (Å²) in [6.45, 7) is 19.6. The molecule has 10 rings (SSSR count). The molecule has 6 heterocycles. The van der Waals surface area contributed by atoms with Gasteiger partial charge in [0.05, 0.1) is 72.8 Å². The zero-order valence-electron chi connectivity index (χ0n) is 52.0. The number of amides is 1. The maximum Gasteiger partial charge on any atom is 0.242 e. The van der Waals surface area contributed by atoms with Crippen molar-refractivity contribution in [1.82, 2.24) is 63.5 Å². The normalized spacial score (nSPS) is 11.3. The van der Waals surface area contributed by atoms with Crippen LogP contribution in [0.15, 0.2) is 127 Å². The molecule has 0 fully saturated rings. The number of nitrogens with zero attached hydrogens (tertiary/aromatic N) is 12. The van der Waals surface area contributed by atoms with Crippen molar-refractivity contribution in [3.8, 4) is 17.1 Å². The molecule has 20 nitrogen and oxygen atoms in total. The van der Waals surface area contributed by atoms with E-state index in [0.29, 0.717) is 48.7 Å². The molecule has 0 saturated carbocycles. The molecule has 22 heteroatoms. The lowest BCUT2D eigenvalue weighted by Gasteiger charge is -2.14. The number of nitrogens with two attached hydrogens (primary N) is 1. The molecule has 0 spiro atoms. The molecule has 4 aromatic carbocycles. The Kier molecular flexibility index (Phi) is 25.6. The molecule has 0 aliphatic heterocycles. The minimum Gasteiger partial charge on any atom is -0.375 e. The molecule has 0 saturated heterocycles. The molecule has 1 amide bonds. The van der Waals surface area contributed by atoms with Gasteiger partial charge in [-0.25, -0.2) is 36.7 Å². The SMILES string of the molecule is C.C.CC(C)C(=O)CCc1cnn(-c2ccc3nccnc3c2)c1.CC(C)C(=O)NCc1ccc2nc(N)sc2c1.Cc1cc(-n2cc(CCC(=O)C(C)C)cn2)ccc1S(=O)(=O)N(C)C.Cc1nc2ccc(-n3cc(CCC(=O)C(C)C)cn3)cc2n1C. The van der Waals surface area contributed by atoms with Gasteiger partial charge in [0.15, 0.2) is 5.13 Å². The van der Waals surface area contributed by atoms with Crippen LogP contribution in [-0.4, -0.2) is 104 Å². The third-order valence-corrected chi connectivity index (χ3v) is 17.4. The first kappa shape index (κ1) is 71.2. The van der Waals surface area contributed by atoms with E-state index < -0.39 is 10.0 Å². The third-order valence-electron chi connectivity index (χ3n) is 14.5. The summed E-state index contributed by atoms with van der Waals surface area (Å²) in [7, 11) is 1.58. The number of ketones is 3. The summed E-state index contributed by atoms with van der Waals surface area (Å²) in [5.74, 6) is 2.12. The standard InChI is InChI=1S/C18H22N4O.C18H25N3O3S.C17H18N4O.C12H15N3OS.2CH4/c1-12(2)18(23)8-5-14-10-19-22(11-14)15-6-7-16-17(9-15)21(4)13(3)20-16;1-13(2)17(22)8-6-15-11-19-21(12-15)16-7-9-18(14(3)10-16)25(23,24)20(4)5;1-12(2)17(22)6-3-13-10-20-21(11-13)14-4-5-15-16(9-14)19-8-7-18-15;1-7(2)11(16)14-6-8-3-4-9-10(5-8)17-12(13)15-9;;/h6-7,9-12H,5,8H2,1-4H3;7,9-13H,6,8H2,1-5H3;4-5,7-12H,3,6H2,1-2H3;3-5,7H,6H2,1-2H3,(H2,13,15)(H,14,16);2*1H4. The second kappa shape index (κ2) is 32.0. The molecule has 0 aliphatic carbocycles. The number of carbonyl (C=O) groups excluding carboxylic acids is 4. The zero-order chi connectivity index (χ0) is 63.3. The number of carbonyl (C=O) groups is 4. The molecule has 89 heavy (non-hydrogen) atoms. The number of rotatable bonds is 20. The van der Waals surface area contributed by atoms with E-state index >= 15 is 0 Å². The highest BCUT2D eigenvalue weighted by atomic mass is 32.2. The van der Waals surface area contributed by atoms with E-state index in [-0.39, 0.29) is 60.9 Å². The van der Waals surface area contributed by atoms with E-state index in [1.54, 1.807) is 48.4 Å². The maximum absolute atomic E-state index is 12.3. The van der Waals surface area contributed by atoms with E-state index in [2.05, 4.69) is 51.2 Å². The number of nitrogen functional groups attached to an aromatic ring is 1. The van der Waals surface area contributed by atoms with Crippen LogP contribution in [0.4, 0.5) is 5.13 Å². The minimum atomic E-state index is -3.46. The van der Waals surface area contributed by atoms with E-state index in [1.807, 2.05) is 158 Å². The van der Waals surface area contributed by atoms with E-state index in [1.165, 1.54) is 29.7 Å². The second-order valence-electron chi connectivity index (χ2n) is 22.8. The summed E-state index contributed by atoms with van der Waals surface area (Å²) in [5, 5.41) is 16.6. The number of nitrogens with one attached hydrogen (secondary N) is 1. The highest BCUT2D eigenvalue weighted by molar-refractivity contribution is 7.89. The number of sulfonamides is 1. The number of fused-ring (bicyclic) bond motifs is 3. The van der Waals surface area contributed by atoms with E-state index in [0.717, 1.165) is 90.3 Å². The van der Waals surface area contributed by atoms with E-state index in [9.17, 15) is 27.6 Å². The predicted octanol–water partition coefficient (Wildman–Crippen LogP) is 12.2. The van der Waals surface area contributed by atoms with Crippen molar-refractivity contribution in [3.05, 3.63) is 156 Å². The van der Waals surface area contributed by atoms with Crippen molar-refractivity contribution in [3.63, 3.8) is 0 Å². The Bertz CT molecular complexity index is 4130. The first-order valence-corrected chi connectivity index (χ1v) is 31.3. The fourth-order valence-electron chi connectivity index (χ4n) is 8.85. The highest BCUT2D eigenvalue weighted by Crippen LogP contribution is 2.26. The molecule has 6 aromatic heterocycles. The summed E-state index contributed by atoms with van der Waals surface area (Å²) in [6, 6.07) is 23.0. The van der Waals surface area contributed by atoms with Crippen LogP contribution in [0, 0.1) is 37.5 Å². The van der Waals surface area contributed by atoms with Crippen LogP contribution in [0.1, 0.15) is 123 Å². The van der Waals surface area contributed by atoms with Crippen LogP contribution < -0.4 is 11.1 Å². The van der Waals surface area contributed by atoms with Crippen LogP contribution in [0.2, 0.25) is 0 Å². The van der Waals surface area contributed by atoms with Crippen LogP contribution in [0.5, 0.6) is 0 Å². The molecular formula is C67H88N14O6S2. The topological polar surface area (TPSA) is 254 Å². The molecule has 0 radical (unpaired) electrons. The minimum absolute atomic E-state index is 0. The summed E-state index contributed by atoms with van der Waals surface area (Å²) in [5.41, 5.74) is 17.9. The van der Waals surface area contributed by atoms with E-state index in [4.69, 9.17) is 5.73 Å². The highest BCUT2D eigenvalue weighted by Gasteiger charge is 2.21. The smallest absolute Gasteiger partial charge is 0.242 e. The number of hydrogen-bond donors (Lipinski definition) is 2. The fourth-order valence-corrected chi connectivity index (χ4v) is 10.7. The average molecular weight is 1250 g/mol. The second-order valence-corrected chi connectivity index (χ2v) is 26.0. The van der Waals surface area contributed by atoms with Crippen LogP contribution in [0.25, 0.3) is 49.3 Å². The van der Waals surface area contributed by atoms with Crippen molar-refractivity contribution in [1.29, 1.82) is 0 Å². The quantitative estimate of drug-likeness (QED) is 0.0720. The molecule has 3 N–H and O–H groups in total. The Morgan fingerprint density at radius 3 is 1.52 bits per heavy atom. The van der Waals surface area contributed by atoms with Gasteiger partial charge in [-0.1, -0.05) is 87.6 Å². The fraction of sp³-hybridized carbons (Fsp3) is 0.388. The number of imidazole rings is 1. The van der Waals surface area contributed by atoms with Crippen LogP contribution in [0.3, 0.4) is 0 Å². The van der Waals surface area contributed by atoms with Crippen LogP contribution >= 0.6 is 11.3 Å². The van der Waals surface area contributed by atoms with Crippen molar-refractivity contribution >= 4 is 82.0 Å². The molecule has 0 aliphatic rings. The number of hydrogen-bond acceptors (Lipinski definition) is 15. The van der Waals surface area contributed by atoms with Crippen molar-refractivity contribution in [2.24, 2.45) is 30.7 Å². The average Bonchev–Trinajstić information content (AvgIpc) is 2.06. The number of thiazole rings is 1. The van der Waals surface area contributed by atoms with Gasteiger partial charge in [-0.15, -0.1) is 0 Å². The molecule has 0 unspecified atom stereocenters. The van der Waals surface area contributed by atoms with Gasteiger partial charge in [0.1, 0.15) is 23.2 Å². The third kappa shape index (κ3) is 19.2. The van der Waals surface area contributed by atoms with Crippen molar-refractivity contribution in [2.45, 2.75) is 134 Å². The number of aromatic nitrogens is 11. The Morgan fingerprint density at radius 2 is 1.03 bits per heavy atom. The number of benzene rings is 4. The predicted molar refractivity (Wildman–Crippen MR) is 357 cm³/mol. The van der Waals surface area contributed by atoms with Crippen molar-refractivity contribution in [2.75, 3.05) is 19.8 Å². The lowest BCUT2D eigenvalue weighted by atomic mass is 10.0. The molecule has 0 bridgehead atoms. The Labute approximate surface area is 528 Å². The maximum atomic E-state index is 12.3. The summed E-state index contributed by atoms with van der Waals surface area (Å²) >= 11 is 1.46. The van der Waals surface area contributed by atoms with Gasteiger partial charge in [-0.2, -0.15) is 15.3 Å². The van der Waals surface area contributed by atoms with Gasteiger partial charge in [-0.05, 0) is 128 Å². The first-order chi connectivity index (χ1) is 41.3. The number of Topliss-reactive ketones (excluding diaryl/α,β-unsaturated/α-hetero) is 3. The Hall–Kier alpha value is -8.60. The first-order valence-electron chi connectivity index (χ1n) is 29.1. The summed E-state index contributed by atoms with van der Waals surface area (Å²) < 4.78 is 34.3. The van der Waals surface area contributed by atoms with Gasteiger partial charge in [0.25, 0.3) is 0 Å². The Morgan fingerprint density at radius 1 is 0.573 bits per heavy atom. The van der Waals surface area contributed by atoms with Gasteiger partial charge < -0.3 is 15.6 Å². The summed E-state index contributed by atoms with van der Waals surface area (Å²) in [6.07, 6.45) is 18.4. The molecular weight excluding hydrogens is 1160 g/mol. The van der Waals surface area contributed by atoms with Gasteiger partial charge in [0, 0.05) is 102 Å². The lowest BCUT2D eigenvalue weighted by Crippen LogP contribution is -2.27. The van der Waals surface area contributed by atoms with Crippen molar-refractivity contribution < 1.29 is 27.6 Å². The van der Waals surface area contributed by atoms with Gasteiger partial charge in [-0.3, -0.25) is 29.1 Å². The molecule has 0 atom stereocenters.